The third kappa shape index (κ3) is 5.12. The molecule has 5 nitrogen and oxygen atoms in total. The van der Waals surface area contributed by atoms with Gasteiger partial charge in [0, 0.05) is 5.69 Å². The number of ether oxygens (including phenoxy) is 1. The lowest BCUT2D eigenvalue weighted by molar-refractivity contribution is -0.123. The lowest BCUT2D eigenvalue weighted by Gasteiger charge is -2.10. The van der Waals surface area contributed by atoms with Crippen LogP contribution in [0.5, 0.6) is 5.75 Å². The second-order valence-electron chi connectivity index (χ2n) is 5.36. The van der Waals surface area contributed by atoms with Crippen molar-refractivity contribution in [1.82, 2.24) is 5.32 Å². The van der Waals surface area contributed by atoms with E-state index < -0.39 is 0 Å². The van der Waals surface area contributed by atoms with Gasteiger partial charge >= 0.3 is 0 Å². The van der Waals surface area contributed by atoms with Gasteiger partial charge in [-0.2, -0.15) is 0 Å². The summed E-state index contributed by atoms with van der Waals surface area (Å²) in [6, 6.07) is 14.9. The number of benzene rings is 2. The number of aryl methyl sites for hydroxylation is 1. The van der Waals surface area contributed by atoms with Gasteiger partial charge in [-0.3, -0.25) is 9.59 Å². The fraction of sp³-hybridized carbons (Fsp3) is 0.263. The Bertz CT molecular complexity index is 696. The van der Waals surface area contributed by atoms with Crippen LogP contribution in [0.25, 0.3) is 0 Å². The summed E-state index contributed by atoms with van der Waals surface area (Å²) < 4.78 is 5.08. The monoisotopic (exact) mass is 326 g/mol. The summed E-state index contributed by atoms with van der Waals surface area (Å²) in [5.41, 5.74) is 2.72. The lowest BCUT2D eigenvalue weighted by Crippen LogP contribution is -2.33. The van der Waals surface area contributed by atoms with Crippen molar-refractivity contribution in [2.75, 3.05) is 19.0 Å². The normalized spacial score (nSPS) is 10.1. The molecule has 2 N–H and O–H groups in total. The van der Waals surface area contributed by atoms with E-state index in [4.69, 9.17) is 4.74 Å². The van der Waals surface area contributed by atoms with E-state index in [0.717, 1.165) is 29.0 Å². The Morgan fingerprint density at radius 3 is 2.38 bits per heavy atom. The van der Waals surface area contributed by atoms with Gasteiger partial charge in [-0.1, -0.05) is 37.3 Å². The lowest BCUT2D eigenvalue weighted by atomic mass is 10.1. The van der Waals surface area contributed by atoms with Crippen LogP contribution in [0, 0.1) is 0 Å². The maximum Gasteiger partial charge on any atom is 0.243 e. The van der Waals surface area contributed by atoms with Gasteiger partial charge in [0.15, 0.2) is 0 Å². The molecule has 0 aromatic heterocycles. The van der Waals surface area contributed by atoms with Gasteiger partial charge in [-0.25, -0.2) is 0 Å². The summed E-state index contributed by atoms with van der Waals surface area (Å²) >= 11 is 0. The molecular weight excluding hydrogens is 304 g/mol. The second-order valence-corrected chi connectivity index (χ2v) is 5.36. The number of methoxy groups -OCH3 is 1. The molecule has 0 radical (unpaired) electrons. The molecule has 0 bridgehead atoms. The highest BCUT2D eigenvalue weighted by Crippen LogP contribution is 2.15. The number of anilines is 1. The SMILES string of the molecule is CCc1ccccc1NC(=O)CNC(=O)Cc1ccc(OC)cc1. The molecule has 0 spiro atoms. The molecular formula is C19H22N2O3. The van der Waals surface area contributed by atoms with E-state index in [0.29, 0.717) is 0 Å². The Kier molecular flexibility index (Phi) is 6.37. The zero-order chi connectivity index (χ0) is 17.4. The topological polar surface area (TPSA) is 67.4 Å². The first-order valence-corrected chi connectivity index (χ1v) is 7.89. The van der Waals surface area contributed by atoms with Gasteiger partial charge in [0.2, 0.25) is 11.8 Å². The number of carbonyl (C=O) groups excluding carboxylic acids is 2. The molecule has 0 saturated heterocycles. The van der Waals surface area contributed by atoms with Crippen LogP contribution >= 0.6 is 0 Å². The summed E-state index contributed by atoms with van der Waals surface area (Å²) in [5, 5.41) is 5.46. The summed E-state index contributed by atoms with van der Waals surface area (Å²) in [4.78, 5) is 23.9. The number of hydrogen-bond donors (Lipinski definition) is 2. The number of rotatable bonds is 7. The molecule has 0 aliphatic rings. The third-order valence-corrected chi connectivity index (χ3v) is 3.64. The summed E-state index contributed by atoms with van der Waals surface area (Å²) in [5.74, 6) is 0.311. The van der Waals surface area contributed by atoms with Crippen LogP contribution in [0.2, 0.25) is 0 Å². The standard InChI is InChI=1S/C19H22N2O3/c1-3-15-6-4-5-7-17(15)21-19(23)13-20-18(22)12-14-8-10-16(24-2)11-9-14/h4-11H,3,12-13H2,1-2H3,(H,20,22)(H,21,23). The van der Waals surface area contributed by atoms with E-state index in [-0.39, 0.29) is 24.8 Å². The molecule has 2 amide bonds. The molecule has 0 aliphatic carbocycles. The van der Waals surface area contributed by atoms with Crippen molar-refractivity contribution in [2.45, 2.75) is 19.8 Å². The molecule has 0 aliphatic heterocycles. The third-order valence-electron chi connectivity index (χ3n) is 3.64. The van der Waals surface area contributed by atoms with Gasteiger partial charge < -0.3 is 15.4 Å². The highest BCUT2D eigenvalue weighted by Gasteiger charge is 2.08. The fourth-order valence-electron chi connectivity index (χ4n) is 2.32. The largest absolute Gasteiger partial charge is 0.497 e. The quantitative estimate of drug-likeness (QED) is 0.822. The molecule has 2 aromatic carbocycles. The van der Waals surface area contributed by atoms with E-state index in [1.54, 1.807) is 19.2 Å². The molecule has 0 heterocycles. The average molecular weight is 326 g/mol. The first-order valence-electron chi connectivity index (χ1n) is 7.89. The van der Waals surface area contributed by atoms with Crippen LogP contribution in [0.4, 0.5) is 5.69 Å². The van der Waals surface area contributed by atoms with Crippen LogP contribution < -0.4 is 15.4 Å². The van der Waals surface area contributed by atoms with E-state index in [1.807, 2.05) is 43.3 Å². The molecule has 24 heavy (non-hydrogen) atoms. The average Bonchev–Trinajstić information content (AvgIpc) is 2.61. The van der Waals surface area contributed by atoms with Crippen molar-refractivity contribution >= 4 is 17.5 Å². The van der Waals surface area contributed by atoms with E-state index in [2.05, 4.69) is 10.6 Å². The number of carbonyl (C=O) groups is 2. The molecule has 2 aromatic rings. The number of nitrogens with one attached hydrogen (secondary N) is 2. The molecule has 2 rings (SSSR count). The van der Waals surface area contributed by atoms with Crippen molar-refractivity contribution in [1.29, 1.82) is 0 Å². The van der Waals surface area contributed by atoms with Crippen molar-refractivity contribution in [2.24, 2.45) is 0 Å². The van der Waals surface area contributed by atoms with Crippen molar-refractivity contribution in [3.05, 3.63) is 59.7 Å². The molecule has 0 atom stereocenters. The number of hydrogen-bond acceptors (Lipinski definition) is 3. The molecule has 0 saturated carbocycles. The zero-order valence-corrected chi connectivity index (χ0v) is 14.0. The second kappa shape index (κ2) is 8.72. The predicted octanol–water partition coefficient (Wildman–Crippen LogP) is 2.56. The van der Waals surface area contributed by atoms with Gasteiger partial charge in [0.25, 0.3) is 0 Å². The van der Waals surface area contributed by atoms with E-state index in [9.17, 15) is 9.59 Å². The van der Waals surface area contributed by atoms with E-state index >= 15 is 0 Å². The minimum absolute atomic E-state index is 0.0486. The van der Waals surface area contributed by atoms with Crippen LogP contribution in [-0.4, -0.2) is 25.5 Å². The summed E-state index contributed by atoms with van der Waals surface area (Å²) in [7, 11) is 1.59. The number of para-hydroxylation sites is 1. The Balaban J connectivity index is 1.81. The highest BCUT2D eigenvalue weighted by molar-refractivity contribution is 5.95. The smallest absolute Gasteiger partial charge is 0.243 e. The minimum atomic E-state index is -0.237. The van der Waals surface area contributed by atoms with Crippen LogP contribution in [0.1, 0.15) is 18.1 Å². The molecule has 5 heteroatoms. The van der Waals surface area contributed by atoms with E-state index in [1.165, 1.54) is 0 Å². The van der Waals surface area contributed by atoms with Gasteiger partial charge in [-0.05, 0) is 35.7 Å². The molecule has 0 unspecified atom stereocenters. The summed E-state index contributed by atoms with van der Waals surface area (Å²) in [6.45, 7) is 1.98. The molecule has 126 valence electrons. The van der Waals surface area contributed by atoms with Gasteiger partial charge in [0.1, 0.15) is 5.75 Å². The predicted molar refractivity (Wildman–Crippen MR) is 94.2 cm³/mol. The first-order chi connectivity index (χ1) is 11.6. The Labute approximate surface area is 142 Å². The van der Waals surface area contributed by atoms with Gasteiger partial charge in [0.05, 0.1) is 20.1 Å². The Morgan fingerprint density at radius 2 is 1.71 bits per heavy atom. The van der Waals surface area contributed by atoms with Crippen LogP contribution in [0.3, 0.4) is 0 Å². The first kappa shape index (κ1) is 17.5. The highest BCUT2D eigenvalue weighted by atomic mass is 16.5. The maximum absolute atomic E-state index is 12.0. The van der Waals surface area contributed by atoms with Crippen LogP contribution in [-0.2, 0) is 22.4 Å². The minimum Gasteiger partial charge on any atom is -0.497 e. The van der Waals surface area contributed by atoms with Crippen molar-refractivity contribution in [3.63, 3.8) is 0 Å². The maximum atomic E-state index is 12.0. The van der Waals surface area contributed by atoms with Crippen LogP contribution in [0.15, 0.2) is 48.5 Å². The van der Waals surface area contributed by atoms with Gasteiger partial charge in [-0.15, -0.1) is 0 Å². The zero-order valence-electron chi connectivity index (χ0n) is 14.0. The Morgan fingerprint density at radius 1 is 1.00 bits per heavy atom. The number of amides is 2. The van der Waals surface area contributed by atoms with Crippen molar-refractivity contribution in [3.8, 4) is 5.75 Å². The summed E-state index contributed by atoms with van der Waals surface area (Å²) in [6.07, 6.45) is 1.06. The van der Waals surface area contributed by atoms with Crippen molar-refractivity contribution < 1.29 is 14.3 Å². The Hall–Kier alpha value is -2.82. The molecule has 0 fully saturated rings. The fourth-order valence-corrected chi connectivity index (χ4v) is 2.32.